The first-order valence-electron chi connectivity index (χ1n) is 11.8. The second-order valence-corrected chi connectivity index (χ2v) is 10.4. The maximum Gasteiger partial charge on any atom is 0.237 e. The van der Waals surface area contributed by atoms with Crippen LogP contribution in [-0.4, -0.2) is 53.8 Å². The molecule has 2 saturated carbocycles. The van der Waals surface area contributed by atoms with Gasteiger partial charge in [0.05, 0.1) is 6.04 Å². The number of alkyl halides is 1. The number of fused-ring (bicyclic) bond motifs is 2. The monoisotopic (exact) mass is 392 g/mol. The first-order valence-corrected chi connectivity index (χ1v) is 11.8. The number of amides is 1. The Morgan fingerprint density at radius 3 is 2.68 bits per heavy atom. The summed E-state index contributed by atoms with van der Waals surface area (Å²) in [7, 11) is 0. The summed E-state index contributed by atoms with van der Waals surface area (Å²) < 4.78 is 14.4. The fourth-order valence-electron chi connectivity index (χ4n) is 6.64. The fourth-order valence-corrected chi connectivity index (χ4v) is 6.64. The number of rotatable bonds is 4. The maximum atomic E-state index is 14.4. The van der Waals surface area contributed by atoms with Crippen LogP contribution >= 0.6 is 0 Å². The van der Waals surface area contributed by atoms with Gasteiger partial charge in [-0.1, -0.05) is 20.3 Å². The molecule has 0 aromatic rings. The number of carbonyl (C=O) groups excluding carboxylic acids is 1. The van der Waals surface area contributed by atoms with Gasteiger partial charge in [0.25, 0.3) is 0 Å². The second-order valence-electron chi connectivity index (χ2n) is 10.4. The minimum Gasteiger partial charge on any atom is -0.350 e. The lowest BCUT2D eigenvalue weighted by Crippen LogP contribution is -2.56. The third kappa shape index (κ3) is 3.39. The van der Waals surface area contributed by atoms with Crippen molar-refractivity contribution in [1.29, 1.82) is 0 Å². The number of hydrogen-bond acceptors (Lipinski definition) is 4. The van der Waals surface area contributed by atoms with Crippen molar-refractivity contribution in [3.63, 3.8) is 0 Å². The van der Waals surface area contributed by atoms with E-state index < -0.39 is 6.17 Å². The molecule has 5 aliphatic rings. The van der Waals surface area contributed by atoms with E-state index in [9.17, 15) is 9.18 Å². The molecule has 0 spiro atoms. The van der Waals surface area contributed by atoms with Gasteiger partial charge in [-0.2, -0.15) is 0 Å². The summed E-state index contributed by atoms with van der Waals surface area (Å²) in [5, 5.41) is 9.38. The Balaban J connectivity index is 1.25. The van der Waals surface area contributed by atoms with Crippen LogP contribution in [0.2, 0.25) is 0 Å². The number of nitrogens with zero attached hydrogens (tertiary/aromatic N) is 1. The molecule has 3 aliphatic heterocycles. The number of nitrogens with one attached hydrogen (secondary N) is 3. The van der Waals surface area contributed by atoms with E-state index in [2.05, 4.69) is 34.9 Å². The van der Waals surface area contributed by atoms with Crippen LogP contribution in [0, 0.1) is 23.7 Å². The Morgan fingerprint density at radius 2 is 1.96 bits per heavy atom. The van der Waals surface area contributed by atoms with E-state index in [1.165, 1.54) is 32.1 Å². The maximum absolute atomic E-state index is 14.4. The van der Waals surface area contributed by atoms with Gasteiger partial charge in [0, 0.05) is 36.6 Å². The molecular formula is C22H37FN4O. The SMILES string of the molecule is CC1CCC(F)C2CC(C(=O)NC(C3CC3)C3NN4CCCCC4C3C)NC12. The van der Waals surface area contributed by atoms with Gasteiger partial charge in [0.2, 0.25) is 5.91 Å². The van der Waals surface area contributed by atoms with Gasteiger partial charge < -0.3 is 10.6 Å². The van der Waals surface area contributed by atoms with E-state index in [0.29, 0.717) is 42.7 Å². The molecule has 158 valence electrons. The lowest BCUT2D eigenvalue weighted by molar-refractivity contribution is -0.124. The van der Waals surface area contributed by atoms with Gasteiger partial charge in [0.15, 0.2) is 0 Å². The summed E-state index contributed by atoms with van der Waals surface area (Å²) in [6, 6.07) is 1.08. The summed E-state index contributed by atoms with van der Waals surface area (Å²) in [4.78, 5) is 13.2. The molecule has 9 atom stereocenters. The summed E-state index contributed by atoms with van der Waals surface area (Å²) in [5.41, 5.74) is 3.76. The lowest BCUT2D eigenvalue weighted by Gasteiger charge is -2.33. The fraction of sp³-hybridized carbons (Fsp3) is 0.955. The van der Waals surface area contributed by atoms with E-state index in [4.69, 9.17) is 0 Å². The molecule has 1 amide bonds. The first-order chi connectivity index (χ1) is 13.5. The summed E-state index contributed by atoms with van der Waals surface area (Å²) in [6.07, 6.45) is 7.76. The molecular weight excluding hydrogens is 355 g/mol. The zero-order valence-electron chi connectivity index (χ0n) is 17.4. The topological polar surface area (TPSA) is 56.4 Å². The number of hydrazine groups is 1. The Bertz CT molecular complexity index is 581. The van der Waals surface area contributed by atoms with Gasteiger partial charge >= 0.3 is 0 Å². The van der Waals surface area contributed by atoms with Gasteiger partial charge in [-0.05, 0) is 62.7 Å². The molecule has 3 N–H and O–H groups in total. The Kier molecular flexibility index (Phi) is 5.17. The minimum atomic E-state index is -0.752. The molecule has 6 heteroatoms. The highest BCUT2D eigenvalue weighted by Crippen LogP contribution is 2.41. The van der Waals surface area contributed by atoms with Crippen LogP contribution in [0.15, 0.2) is 0 Å². The molecule has 5 fully saturated rings. The van der Waals surface area contributed by atoms with Crippen LogP contribution in [0.3, 0.4) is 0 Å². The highest BCUT2D eigenvalue weighted by molar-refractivity contribution is 5.82. The van der Waals surface area contributed by atoms with E-state index in [1.54, 1.807) is 0 Å². The van der Waals surface area contributed by atoms with Crippen molar-refractivity contribution < 1.29 is 9.18 Å². The van der Waals surface area contributed by atoms with Gasteiger partial charge in [0.1, 0.15) is 6.17 Å². The molecule has 3 saturated heterocycles. The molecule has 3 heterocycles. The average Bonchev–Trinajstić information content (AvgIpc) is 3.34. The summed E-state index contributed by atoms with van der Waals surface area (Å²) >= 11 is 0. The van der Waals surface area contributed by atoms with E-state index in [0.717, 1.165) is 13.0 Å². The average molecular weight is 393 g/mol. The predicted octanol–water partition coefficient (Wildman–Crippen LogP) is 2.37. The third-order valence-electron chi connectivity index (χ3n) is 8.52. The normalized spacial score (nSPS) is 47.4. The molecule has 0 radical (unpaired) electrons. The van der Waals surface area contributed by atoms with Crippen LogP contribution in [0.5, 0.6) is 0 Å². The van der Waals surface area contributed by atoms with E-state index in [-0.39, 0.29) is 30.0 Å². The molecule has 2 aliphatic carbocycles. The quantitative estimate of drug-likeness (QED) is 0.688. The van der Waals surface area contributed by atoms with Crippen LogP contribution in [0.4, 0.5) is 4.39 Å². The van der Waals surface area contributed by atoms with Crippen molar-refractivity contribution in [2.75, 3.05) is 6.54 Å². The Labute approximate surface area is 168 Å². The second kappa shape index (κ2) is 7.51. The lowest BCUT2D eigenvalue weighted by atomic mass is 9.77. The van der Waals surface area contributed by atoms with Crippen LogP contribution in [0.25, 0.3) is 0 Å². The molecule has 5 rings (SSSR count). The highest BCUT2D eigenvalue weighted by atomic mass is 19.1. The van der Waals surface area contributed by atoms with Crippen molar-refractivity contribution in [3.8, 4) is 0 Å². The van der Waals surface area contributed by atoms with Crippen molar-refractivity contribution in [3.05, 3.63) is 0 Å². The van der Waals surface area contributed by atoms with Gasteiger partial charge in [-0.25, -0.2) is 14.8 Å². The standard InChI is InChI=1S/C22H37FN4O/c1-12-6-9-16(23)15-11-17(24-19(12)15)22(28)25-21(14-7-8-14)20-13(2)18-5-3-4-10-27(18)26-20/h12-21,24,26H,3-11H2,1-2H3,(H,25,28). The Hall–Kier alpha value is -0.720. The summed E-state index contributed by atoms with van der Waals surface area (Å²) in [5.74, 6) is 1.73. The van der Waals surface area contributed by atoms with Gasteiger partial charge in [-0.3, -0.25) is 4.79 Å². The number of halogens is 1. The third-order valence-corrected chi connectivity index (χ3v) is 8.52. The van der Waals surface area contributed by atoms with Crippen molar-refractivity contribution in [2.45, 2.75) is 102 Å². The number of hydrogen-bond donors (Lipinski definition) is 3. The first kappa shape index (κ1) is 19.3. The Morgan fingerprint density at radius 1 is 1.14 bits per heavy atom. The number of piperidine rings is 1. The van der Waals surface area contributed by atoms with E-state index in [1.807, 2.05) is 0 Å². The van der Waals surface area contributed by atoms with Crippen LogP contribution in [0.1, 0.15) is 65.2 Å². The van der Waals surface area contributed by atoms with Crippen molar-refractivity contribution in [1.82, 2.24) is 21.1 Å². The summed E-state index contributed by atoms with van der Waals surface area (Å²) in [6.45, 7) is 5.68. The molecule has 9 unspecified atom stereocenters. The van der Waals surface area contributed by atoms with Crippen molar-refractivity contribution in [2.24, 2.45) is 23.7 Å². The molecule has 28 heavy (non-hydrogen) atoms. The largest absolute Gasteiger partial charge is 0.350 e. The zero-order valence-corrected chi connectivity index (χ0v) is 17.4. The molecule has 0 aromatic carbocycles. The van der Waals surface area contributed by atoms with Crippen LogP contribution < -0.4 is 16.1 Å². The molecule has 0 bridgehead atoms. The van der Waals surface area contributed by atoms with Crippen LogP contribution in [-0.2, 0) is 4.79 Å². The molecule has 0 aromatic heterocycles. The molecule has 5 nitrogen and oxygen atoms in total. The highest BCUT2D eigenvalue weighted by Gasteiger charge is 2.50. The zero-order chi connectivity index (χ0) is 19.4. The minimum absolute atomic E-state index is 0.0105. The number of carbonyl (C=O) groups is 1. The smallest absolute Gasteiger partial charge is 0.237 e. The van der Waals surface area contributed by atoms with Gasteiger partial charge in [-0.15, -0.1) is 0 Å². The van der Waals surface area contributed by atoms with E-state index >= 15 is 0 Å². The predicted molar refractivity (Wildman–Crippen MR) is 107 cm³/mol. The van der Waals surface area contributed by atoms with Crippen molar-refractivity contribution >= 4 is 5.91 Å².